The Morgan fingerprint density at radius 1 is 1.53 bits per heavy atom. The molecule has 15 heavy (non-hydrogen) atoms. The average molecular weight is 223 g/mol. The van der Waals surface area contributed by atoms with Crippen molar-refractivity contribution in [2.45, 2.75) is 19.9 Å². The summed E-state index contributed by atoms with van der Waals surface area (Å²) >= 11 is 1.64. The summed E-state index contributed by atoms with van der Waals surface area (Å²) in [5.74, 6) is 0.849. The number of thiophene rings is 1. The molecular weight excluding hydrogens is 210 g/mol. The Bertz CT molecular complexity index is 394. The highest BCUT2D eigenvalue weighted by Gasteiger charge is 2.07. The zero-order valence-electron chi connectivity index (χ0n) is 8.55. The van der Waals surface area contributed by atoms with E-state index in [0.717, 1.165) is 24.5 Å². The highest BCUT2D eigenvalue weighted by atomic mass is 32.1. The van der Waals surface area contributed by atoms with Gasteiger partial charge in [0.05, 0.1) is 12.2 Å². The highest BCUT2D eigenvalue weighted by molar-refractivity contribution is 7.08. The van der Waals surface area contributed by atoms with Gasteiger partial charge in [0.25, 0.3) is 0 Å². The maximum atomic E-state index is 3.99. The number of nitrogens with zero attached hydrogens (tertiary/aromatic N) is 4. The molecule has 0 saturated carbocycles. The number of aromatic nitrogens is 4. The van der Waals surface area contributed by atoms with Crippen molar-refractivity contribution in [3.63, 3.8) is 0 Å². The molecule has 5 nitrogen and oxygen atoms in total. The third kappa shape index (κ3) is 2.40. The fraction of sp³-hybridized carbons (Fsp3) is 0.444. The number of rotatable bonds is 5. The van der Waals surface area contributed by atoms with Crippen LogP contribution in [0.5, 0.6) is 0 Å². The van der Waals surface area contributed by atoms with Crippen LogP contribution in [0.25, 0.3) is 5.69 Å². The fourth-order valence-electron chi connectivity index (χ4n) is 1.27. The molecule has 0 unspecified atom stereocenters. The van der Waals surface area contributed by atoms with Gasteiger partial charge in [-0.25, -0.2) is 0 Å². The van der Waals surface area contributed by atoms with E-state index in [-0.39, 0.29) is 0 Å². The molecule has 0 fully saturated rings. The third-order valence-electron chi connectivity index (χ3n) is 1.99. The molecule has 2 aromatic rings. The Kier molecular flexibility index (Phi) is 3.41. The van der Waals surface area contributed by atoms with Gasteiger partial charge in [0.15, 0.2) is 5.82 Å². The second-order valence-corrected chi connectivity index (χ2v) is 3.95. The first-order valence-corrected chi connectivity index (χ1v) is 5.86. The Morgan fingerprint density at radius 3 is 3.20 bits per heavy atom. The minimum Gasteiger partial charge on any atom is -0.310 e. The van der Waals surface area contributed by atoms with Crippen LogP contribution in [-0.2, 0) is 6.54 Å². The van der Waals surface area contributed by atoms with E-state index in [4.69, 9.17) is 0 Å². The lowest BCUT2D eigenvalue weighted by atomic mass is 10.4. The predicted octanol–water partition coefficient (Wildman–Crippen LogP) is 1.22. The number of nitrogens with one attached hydrogen (secondary N) is 1. The largest absolute Gasteiger partial charge is 0.310 e. The molecule has 0 aliphatic carbocycles. The van der Waals surface area contributed by atoms with Crippen LogP contribution in [0.3, 0.4) is 0 Å². The summed E-state index contributed by atoms with van der Waals surface area (Å²) in [7, 11) is 0. The summed E-state index contributed by atoms with van der Waals surface area (Å²) in [6.45, 7) is 3.82. The van der Waals surface area contributed by atoms with E-state index in [0.29, 0.717) is 6.54 Å². The average Bonchev–Trinajstić information content (AvgIpc) is 2.87. The zero-order chi connectivity index (χ0) is 10.5. The van der Waals surface area contributed by atoms with E-state index in [1.165, 1.54) is 0 Å². The lowest BCUT2D eigenvalue weighted by Gasteiger charge is -2.02. The van der Waals surface area contributed by atoms with Gasteiger partial charge in [-0.05, 0) is 34.8 Å². The van der Waals surface area contributed by atoms with Gasteiger partial charge in [-0.3, -0.25) is 0 Å². The Hall–Kier alpha value is -1.27. The first-order valence-electron chi connectivity index (χ1n) is 4.92. The lowest BCUT2D eigenvalue weighted by molar-refractivity contribution is 0.633. The van der Waals surface area contributed by atoms with Gasteiger partial charge in [-0.15, -0.1) is 5.10 Å². The van der Waals surface area contributed by atoms with E-state index in [1.54, 1.807) is 16.0 Å². The smallest absolute Gasteiger partial charge is 0.170 e. The summed E-state index contributed by atoms with van der Waals surface area (Å²) < 4.78 is 1.76. The molecule has 1 N–H and O–H groups in total. The number of hydrogen-bond donors (Lipinski definition) is 1. The van der Waals surface area contributed by atoms with E-state index in [9.17, 15) is 0 Å². The minimum absolute atomic E-state index is 0.705. The topological polar surface area (TPSA) is 55.6 Å². The van der Waals surface area contributed by atoms with Crippen LogP contribution in [0.15, 0.2) is 16.8 Å². The Labute approximate surface area is 92.1 Å². The molecule has 6 heteroatoms. The van der Waals surface area contributed by atoms with Crippen LogP contribution in [0, 0.1) is 0 Å². The van der Waals surface area contributed by atoms with Crippen LogP contribution in [0.4, 0.5) is 0 Å². The Morgan fingerprint density at radius 2 is 2.47 bits per heavy atom. The molecule has 2 aromatic heterocycles. The van der Waals surface area contributed by atoms with Crippen molar-refractivity contribution < 1.29 is 0 Å². The normalized spacial score (nSPS) is 10.7. The van der Waals surface area contributed by atoms with Crippen molar-refractivity contribution in [3.8, 4) is 5.69 Å². The second-order valence-electron chi connectivity index (χ2n) is 3.17. The summed E-state index contributed by atoms with van der Waals surface area (Å²) in [5.41, 5.74) is 1.03. The van der Waals surface area contributed by atoms with Gasteiger partial charge in [-0.2, -0.15) is 16.0 Å². The van der Waals surface area contributed by atoms with Gasteiger partial charge in [0, 0.05) is 5.38 Å². The summed E-state index contributed by atoms with van der Waals surface area (Å²) in [6, 6.07) is 2.00. The molecule has 0 atom stereocenters. The van der Waals surface area contributed by atoms with E-state index >= 15 is 0 Å². The minimum atomic E-state index is 0.705. The molecule has 0 spiro atoms. The standard InChI is InChI=1S/C9H13N5S/c1-2-4-10-6-9-11-12-13-14(9)8-3-5-15-7-8/h3,5,7,10H,2,4,6H2,1H3. The van der Waals surface area contributed by atoms with Crippen molar-refractivity contribution in [1.82, 2.24) is 25.5 Å². The molecule has 2 heterocycles. The van der Waals surface area contributed by atoms with Crippen LogP contribution >= 0.6 is 11.3 Å². The number of tetrazole rings is 1. The molecule has 0 bridgehead atoms. The van der Waals surface area contributed by atoms with Gasteiger partial charge >= 0.3 is 0 Å². The zero-order valence-corrected chi connectivity index (χ0v) is 9.37. The van der Waals surface area contributed by atoms with Crippen LogP contribution in [-0.4, -0.2) is 26.8 Å². The molecule has 80 valence electrons. The second kappa shape index (κ2) is 4.99. The summed E-state index contributed by atoms with van der Waals surface area (Å²) in [4.78, 5) is 0. The number of hydrogen-bond acceptors (Lipinski definition) is 5. The van der Waals surface area contributed by atoms with Gasteiger partial charge < -0.3 is 5.32 Å². The third-order valence-corrected chi connectivity index (χ3v) is 2.67. The van der Waals surface area contributed by atoms with Crippen LogP contribution in [0.2, 0.25) is 0 Å². The van der Waals surface area contributed by atoms with Crippen molar-refractivity contribution in [1.29, 1.82) is 0 Å². The van der Waals surface area contributed by atoms with Gasteiger partial charge in [-0.1, -0.05) is 6.92 Å². The Balaban J connectivity index is 2.09. The molecule has 2 rings (SSSR count). The quantitative estimate of drug-likeness (QED) is 0.774. The van der Waals surface area contributed by atoms with Crippen molar-refractivity contribution in [2.24, 2.45) is 0 Å². The predicted molar refractivity (Wildman–Crippen MR) is 59.0 cm³/mol. The molecule has 0 aliphatic rings. The van der Waals surface area contributed by atoms with Crippen LogP contribution < -0.4 is 5.32 Å². The maximum absolute atomic E-state index is 3.99. The monoisotopic (exact) mass is 223 g/mol. The molecular formula is C9H13N5S. The molecule has 0 aliphatic heterocycles. The summed E-state index contributed by atoms with van der Waals surface area (Å²) in [5, 5.41) is 19.0. The van der Waals surface area contributed by atoms with Crippen LogP contribution in [0.1, 0.15) is 19.2 Å². The van der Waals surface area contributed by atoms with Crippen molar-refractivity contribution in [3.05, 3.63) is 22.7 Å². The molecule has 0 radical (unpaired) electrons. The van der Waals surface area contributed by atoms with E-state index in [1.807, 2.05) is 16.8 Å². The van der Waals surface area contributed by atoms with Crippen molar-refractivity contribution in [2.75, 3.05) is 6.54 Å². The van der Waals surface area contributed by atoms with E-state index < -0.39 is 0 Å². The highest BCUT2D eigenvalue weighted by Crippen LogP contribution is 2.11. The van der Waals surface area contributed by atoms with Gasteiger partial charge in [0.2, 0.25) is 0 Å². The SMILES string of the molecule is CCCNCc1nnnn1-c1ccsc1. The maximum Gasteiger partial charge on any atom is 0.170 e. The first kappa shape index (κ1) is 10.3. The molecule has 0 amide bonds. The van der Waals surface area contributed by atoms with Crippen molar-refractivity contribution >= 4 is 11.3 Å². The fourth-order valence-corrected chi connectivity index (χ4v) is 1.89. The summed E-state index contributed by atoms with van der Waals surface area (Å²) in [6.07, 6.45) is 1.11. The van der Waals surface area contributed by atoms with E-state index in [2.05, 4.69) is 27.8 Å². The molecule has 0 aromatic carbocycles. The van der Waals surface area contributed by atoms with Gasteiger partial charge in [0.1, 0.15) is 0 Å². The first-order chi connectivity index (χ1) is 7.42. The lowest BCUT2D eigenvalue weighted by Crippen LogP contribution is -2.17. The molecule has 0 saturated heterocycles.